The Morgan fingerprint density at radius 1 is 1.16 bits per heavy atom. The van der Waals surface area contributed by atoms with Crippen LogP contribution in [0.2, 0.25) is 0 Å². The zero-order valence-electron chi connectivity index (χ0n) is 10.4. The Kier molecular flexibility index (Phi) is 3.90. The fourth-order valence-corrected chi connectivity index (χ4v) is 1.81. The highest BCUT2D eigenvalue weighted by Gasteiger charge is 2.13. The molecule has 0 saturated carbocycles. The van der Waals surface area contributed by atoms with Crippen LogP contribution in [0.15, 0.2) is 42.5 Å². The molecular weight excluding hydrogens is 248 g/mol. The van der Waals surface area contributed by atoms with Gasteiger partial charge in [0.25, 0.3) is 5.91 Å². The monoisotopic (exact) mass is 261 g/mol. The Labute approximate surface area is 110 Å². The number of para-hydroxylation sites is 1. The zero-order valence-corrected chi connectivity index (χ0v) is 10.4. The molecule has 0 aliphatic carbocycles. The van der Waals surface area contributed by atoms with Crippen LogP contribution in [0, 0.1) is 11.6 Å². The van der Waals surface area contributed by atoms with Crippen molar-refractivity contribution in [2.24, 2.45) is 0 Å². The summed E-state index contributed by atoms with van der Waals surface area (Å²) in [5, 5.41) is 2.64. The van der Waals surface area contributed by atoms with Gasteiger partial charge in [-0.15, -0.1) is 0 Å². The minimum Gasteiger partial charge on any atom is -0.322 e. The highest BCUT2D eigenvalue weighted by Crippen LogP contribution is 2.18. The van der Waals surface area contributed by atoms with Gasteiger partial charge in [0, 0.05) is 11.8 Å². The molecule has 0 aliphatic rings. The molecule has 0 aliphatic heterocycles. The van der Waals surface area contributed by atoms with E-state index in [1.54, 1.807) is 12.1 Å². The summed E-state index contributed by atoms with van der Waals surface area (Å²) in [4.78, 5) is 11.9. The summed E-state index contributed by atoms with van der Waals surface area (Å²) in [6.45, 7) is 1.96. The number of halogens is 2. The molecule has 2 aromatic rings. The summed E-state index contributed by atoms with van der Waals surface area (Å²) in [6, 6.07) is 10.2. The third-order valence-electron chi connectivity index (χ3n) is 2.82. The van der Waals surface area contributed by atoms with Crippen molar-refractivity contribution in [3.8, 4) is 0 Å². The maximum Gasteiger partial charge on any atom is 0.258 e. The van der Waals surface area contributed by atoms with Crippen LogP contribution in [-0.4, -0.2) is 5.91 Å². The number of carbonyl (C=O) groups excluding carboxylic acids is 1. The summed E-state index contributed by atoms with van der Waals surface area (Å²) in [5.74, 6) is -2.16. The second-order valence-corrected chi connectivity index (χ2v) is 4.09. The molecule has 0 saturated heterocycles. The van der Waals surface area contributed by atoms with Gasteiger partial charge in [-0.2, -0.15) is 0 Å². The van der Waals surface area contributed by atoms with Crippen LogP contribution in [0.3, 0.4) is 0 Å². The summed E-state index contributed by atoms with van der Waals surface area (Å²) < 4.78 is 26.3. The molecule has 19 heavy (non-hydrogen) atoms. The topological polar surface area (TPSA) is 29.1 Å². The summed E-state index contributed by atoms with van der Waals surface area (Å²) in [5.41, 5.74) is 1.42. The van der Waals surface area contributed by atoms with Gasteiger partial charge in [0.1, 0.15) is 11.6 Å². The first-order valence-electron chi connectivity index (χ1n) is 5.96. The smallest absolute Gasteiger partial charge is 0.258 e. The van der Waals surface area contributed by atoms with Gasteiger partial charge in [-0.3, -0.25) is 4.79 Å². The van der Waals surface area contributed by atoms with E-state index >= 15 is 0 Å². The molecule has 4 heteroatoms. The Balaban J connectivity index is 2.26. The number of nitrogens with one attached hydrogen (secondary N) is 1. The number of anilines is 1. The first-order chi connectivity index (χ1) is 9.11. The molecule has 2 rings (SSSR count). The van der Waals surface area contributed by atoms with E-state index in [9.17, 15) is 13.6 Å². The lowest BCUT2D eigenvalue weighted by molar-refractivity contribution is 0.102. The number of amides is 1. The molecule has 0 unspecified atom stereocenters. The standard InChI is InChI=1S/C15H13F2NO/c1-2-10-5-3-4-6-14(10)18-15(19)12-8-7-11(16)9-13(12)17/h3-9H,2H2,1H3,(H,18,19). The highest BCUT2D eigenvalue weighted by molar-refractivity contribution is 6.04. The molecular formula is C15H13F2NO. The van der Waals surface area contributed by atoms with Crippen LogP contribution in [0.25, 0.3) is 0 Å². The molecule has 2 nitrogen and oxygen atoms in total. The maximum absolute atomic E-state index is 13.5. The fraction of sp³-hybridized carbons (Fsp3) is 0.133. The Bertz CT molecular complexity index is 611. The van der Waals surface area contributed by atoms with Crippen LogP contribution in [0.5, 0.6) is 0 Å². The van der Waals surface area contributed by atoms with E-state index < -0.39 is 17.5 Å². The average molecular weight is 261 g/mol. The molecule has 1 amide bonds. The number of carbonyl (C=O) groups is 1. The molecule has 0 aromatic heterocycles. The van der Waals surface area contributed by atoms with Crippen molar-refractivity contribution in [1.82, 2.24) is 0 Å². The van der Waals surface area contributed by atoms with Crippen molar-refractivity contribution in [2.45, 2.75) is 13.3 Å². The molecule has 2 aromatic carbocycles. The largest absolute Gasteiger partial charge is 0.322 e. The zero-order chi connectivity index (χ0) is 13.8. The molecule has 0 fully saturated rings. The van der Waals surface area contributed by atoms with Crippen LogP contribution < -0.4 is 5.32 Å². The van der Waals surface area contributed by atoms with Gasteiger partial charge in [-0.1, -0.05) is 25.1 Å². The number of rotatable bonds is 3. The number of aryl methyl sites for hydroxylation is 1. The minimum atomic E-state index is -0.869. The third kappa shape index (κ3) is 2.96. The van der Waals surface area contributed by atoms with Gasteiger partial charge in [0.15, 0.2) is 0 Å². The molecule has 0 radical (unpaired) electrons. The lowest BCUT2D eigenvalue weighted by Gasteiger charge is -2.10. The van der Waals surface area contributed by atoms with Gasteiger partial charge < -0.3 is 5.32 Å². The van der Waals surface area contributed by atoms with E-state index in [0.29, 0.717) is 11.8 Å². The summed E-state index contributed by atoms with van der Waals surface area (Å²) >= 11 is 0. The van der Waals surface area contributed by atoms with E-state index in [1.807, 2.05) is 19.1 Å². The van der Waals surface area contributed by atoms with Crippen LogP contribution >= 0.6 is 0 Å². The fourth-order valence-electron chi connectivity index (χ4n) is 1.81. The van der Waals surface area contributed by atoms with Gasteiger partial charge in [-0.25, -0.2) is 8.78 Å². The Hall–Kier alpha value is -2.23. The normalized spacial score (nSPS) is 10.3. The molecule has 1 N–H and O–H groups in total. The van der Waals surface area contributed by atoms with E-state index in [0.717, 1.165) is 24.1 Å². The third-order valence-corrected chi connectivity index (χ3v) is 2.82. The molecule has 98 valence electrons. The number of benzene rings is 2. The van der Waals surface area contributed by atoms with Gasteiger partial charge in [0.05, 0.1) is 5.56 Å². The maximum atomic E-state index is 13.5. The van der Waals surface area contributed by atoms with Crippen LogP contribution in [0.1, 0.15) is 22.8 Å². The minimum absolute atomic E-state index is 0.174. The molecule has 0 bridgehead atoms. The Morgan fingerprint density at radius 2 is 1.89 bits per heavy atom. The van der Waals surface area contributed by atoms with E-state index in [2.05, 4.69) is 5.32 Å². The van der Waals surface area contributed by atoms with E-state index in [-0.39, 0.29) is 5.56 Å². The lowest BCUT2D eigenvalue weighted by atomic mass is 10.1. The van der Waals surface area contributed by atoms with Crippen LogP contribution in [0.4, 0.5) is 14.5 Å². The number of hydrogen-bond acceptors (Lipinski definition) is 1. The van der Waals surface area contributed by atoms with Crippen molar-refractivity contribution in [3.63, 3.8) is 0 Å². The second kappa shape index (κ2) is 5.61. The summed E-state index contributed by atoms with van der Waals surface area (Å²) in [6.07, 6.45) is 0.752. The Morgan fingerprint density at radius 3 is 2.58 bits per heavy atom. The molecule has 0 spiro atoms. The predicted molar refractivity (Wildman–Crippen MR) is 70.1 cm³/mol. The van der Waals surface area contributed by atoms with E-state index in [4.69, 9.17) is 0 Å². The van der Waals surface area contributed by atoms with Crippen molar-refractivity contribution >= 4 is 11.6 Å². The van der Waals surface area contributed by atoms with Gasteiger partial charge in [-0.05, 0) is 30.2 Å². The van der Waals surface area contributed by atoms with Crippen molar-refractivity contribution in [2.75, 3.05) is 5.32 Å². The quantitative estimate of drug-likeness (QED) is 0.895. The number of hydrogen-bond donors (Lipinski definition) is 1. The summed E-state index contributed by atoms with van der Waals surface area (Å²) in [7, 11) is 0. The molecule has 0 heterocycles. The second-order valence-electron chi connectivity index (χ2n) is 4.09. The van der Waals surface area contributed by atoms with E-state index in [1.165, 1.54) is 0 Å². The predicted octanol–water partition coefficient (Wildman–Crippen LogP) is 3.78. The first kappa shape index (κ1) is 13.2. The van der Waals surface area contributed by atoms with Crippen molar-refractivity contribution in [1.29, 1.82) is 0 Å². The van der Waals surface area contributed by atoms with Crippen molar-refractivity contribution in [3.05, 3.63) is 65.2 Å². The molecule has 0 atom stereocenters. The van der Waals surface area contributed by atoms with Gasteiger partial charge in [0.2, 0.25) is 0 Å². The van der Waals surface area contributed by atoms with Crippen LogP contribution in [-0.2, 0) is 6.42 Å². The highest BCUT2D eigenvalue weighted by atomic mass is 19.1. The SMILES string of the molecule is CCc1ccccc1NC(=O)c1ccc(F)cc1F. The van der Waals surface area contributed by atoms with Crippen molar-refractivity contribution < 1.29 is 13.6 Å². The van der Waals surface area contributed by atoms with Gasteiger partial charge >= 0.3 is 0 Å². The first-order valence-corrected chi connectivity index (χ1v) is 5.96. The lowest BCUT2D eigenvalue weighted by Crippen LogP contribution is -2.15. The average Bonchev–Trinajstić information content (AvgIpc) is 2.39.